The van der Waals surface area contributed by atoms with Crippen LogP contribution in [0.3, 0.4) is 0 Å². The number of para-hydroxylation sites is 1. The normalized spacial score (nSPS) is 14.5. The summed E-state index contributed by atoms with van der Waals surface area (Å²) in [6, 6.07) is 10.9. The second kappa shape index (κ2) is 9.77. The van der Waals surface area contributed by atoms with Gasteiger partial charge in [-0.15, -0.1) is 0 Å². The molecule has 0 atom stereocenters. The number of rotatable bonds is 6. The van der Waals surface area contributed by atoms with Crippen LogP contribution in [0.25, 0.3) is 0 Å². The lowest BCUT2D eigenvalue weighted by Crippen LogP contribution is -2.28. The zero-order valence-electron chi connectivity index (χ0n) is 18.0. The quantitative estimate of drug-likeness (QED) is 0.444. The van der Waals surface area contributed by atoms with Gasteiger partial charge in [0.25, 0.3) is 0 Å². The molecule has 2 aromatic carbocycles. The number of halogens is 3. The molecular formula is C23H20F3NO7. The molecule has 2 aromatic rings. The van der Waals surface area contributed by atoms with Gasteiger partial charge in [-0.25, -0.2) is 9.59 Å². The van der Waals surface area contributed by atoms with Gasteiger partial charge in [-0.3, -0.25) is 0 Å². The molecule has 1 heterocycles. The fraction of sp³-hybridized carbons (Fsp3) is 0.217. The summed E-state index contributed by atoms with van der Waals surface area (Å²) in [6.45, 7) is 2.85. The summed E-state index contributed by atoms with van der Waals surface area (Å²) in [4.78, 5) is 22.7. The maximum atomic E-state index is 13.0. The Labute approximate surface area is 191 Å². The van der Waals surface area contributed by atoms with E-state index in [0.717, 1.165) is 12.1 Å². The Morgan fingerprint density at radius 2 is 1.53 bits per heavy atom. The van der Waals surface area contributed by atoms with Gasteiger partial charge in [0.1, 0.15) is 29.8 Å². The molecule has 8 nitrogen and oxygen atoms in total. The fourth-order valence-electron chi connectivity index (χ4n) is 3.55. The molecule has 3 N–H and O–H groups in total. The molecular weight excluding hydrogens is 459 g/mol. The Balaban J connectivity index is 2.01. The minimum absolute atomic E-state index is 0.135. The summed E-state index contributed by atoms with van der Waals surface area (Å²) in [7, 11) is 0. The molecule has 0 amide bonds. The van der Waals surface area contributed by atoms with E-state index in [0.29, 0.717) is 17.0 Å². The van der Waals surface area contributed by atoms with E-state index in [2.05, 4.69) is 5.32 Å². The topological polar surface area (TPSA) is 114 Å². The highest BCUT2D eigenvalue weighted by atomic mass is 19.4. The van der Waals surface area contributed by atoms with E-state index in [9.17, 15) is 33.0 Å². The first-order valence-corrected chi connectivity index (χ1v) is 9.85. The predicted octanol–water partition coefficient (Wildman–Crippen LogP) is 5.82. The molecule has 0 bridgehead atoms. The van der Waals surface area contributed by atoms with Gasteiger partial charge in [0.15, 0.2) is 0 Å². The summed E-state index contributed by atoms with van der Waals surface area (Å²) in [5.74, 6) is -1.22. The van der Waals surface area contributed by atoms with Gasteiger partial charge in [0.05, 0.1) is 17.0 Å². The molecule has 0 saturated carbocycles. The van der Waals surface area contributed by atoms with Crippen LogP contribution in [0, 0.1) is 0 Å². The average molecular weight is 479 g/mol. The first kappa shape index (κ1) is 24.5. The number of carboxylic acid groups (broad SMARTS) is 2. The van der Waals surface area contributed by atoms with Crippen molar-refractivity contribution in [3.63, 3.8) is 0 Å². The molecule has 0 radical (unpaired) electrons. The lowest BCUT2D eigenvalue weighted by Gasteiger charge is -2.30. The van der Waals surface area contributed by atoms with Gasteiger partial charge in [0, 0.05) is 5.56 Å². The van der Waals surface area contributed by atoms with E-state index in [1.54, 1.807) is 32.0 Å². The smallest absolute Gasteiger partial charge is 0.489 e. The van der Waals surface area contributed by atoms with Crippen LogP contribution in [0.15, 0.2) is 71.4 Å². The number of benzene rings is 2. The van der Waals surface area contributed by atoms with Crippen molar-refractivity contribution in [2.75, 3.05) is 0 Å². The molecule has 0 aromatic heterocycles. The summed E-state index contributed by atoms with van der Waals surface area (Å²) in [5, 5.41) is 21.3. The molecule has 11 heteroatoms. The van der Waals surface area contributed by atoms with Crippen LogP contribution < -0.4 is 10.1 Å². The minimum Gasteiger partial charge on any atom is -0.489 e. The van der Waals surface area contributed by atoms with E-state index in [1.165, 1.54) is 18.2 Å². The molecule has 0 aliphatic carbocycles. The third-order valence-electron chi connectivity index (χ3n) is 4.91. The number of hydrogen-bond acceptors (Lipinski definition) is 6. The van der Waals surface area contributed by atoms with Crippen LogP contribution in [-0.2, 0) is 22.3 Å². The second-order valence-electron chi connectivity index (χ2n) is 7.30. The largest absolute Gasteiger partial charge is 0.511 e. The standard InChI is InChI=1S/C23H20F3NO7/c1-12-19(33-21(28)29)18(20(13(2)27-12)34-22(30)31)16-8-3-4-9-17(16)32-11-14-6-5-7-15(10-14)23(24,25)26/h3-10,18,27H,11H2,1-2H3,(H,28,29)(H,30,31). The third kappa shape index (κ3) is 5.61. The van der Waals surface area contributed by atoms with Crippen molar-refractivity contribution in [1.29, 1.82) is 0 Å². The highest BCUT2D eigenvalue weighted by Gasteiger charge is 2.37. The molecule has 3 rings (SSSR count). The predicted molar refractivity (Wildman–Crippen MR) is 112 cm³/mol. The van der Waals surface area contributed by atoms with Crippen molar-refractivity contribution < 1.29 is 47.2 Å². The monoisotopic (exact) mass is 479 g/mol. The Morgan fingerprint density at radius 3 is 2.09 bits per heavy atom. The number of alkyl halides is 3. The van der Waals surface area contributed by atoms with Crippen molar-refractivity contribution in [3.05, 3.63) is 88.1 Å². The van der Waals surface area contributed by atoms with Crippen molar-refractivity contribution in [2.24, 2.45) is 0 Å². The lowest BCUT2D eigenvalue weighted by molar-refractivity contribution is -0.137. The zero-order valence-corrected chi connectivity index (χ0v) is 18.0. The molecule has 34 heavy (non-hydrogen) atoms. The van der Waals surface area contributed by atoms with Crippen molar-refractivity contribution in [2.45, 2.75) is 32.5 Å². The van der Waals surface area contributed by atoms with Gasteiger partial charge in [-0.1, -0.05) is 30.3 Å². The number of hydrogen-bond donors (Lipinski definition) is 3. The second-order valence-corrected chi connectivity index (χ2v) is 7.30. The Morgan fingerprint density at radius 1 is 0.941 bits per heavy atom. The van der Waals surface area contributed by atoms with E-state index in [4.69, 9.17) is 14.2 Å². The average Bonchev–Trinajstić information content (AvgIpc) is 2.75. The maximum Gasteiger partial charge on any atom is 0.511 e. The van der Waals surface area contributed by atoms with E-state index < -0.39 is 30.0 Å². The minimum atomic E-state index is -4.51. The van der Waals surface area contributed by atoms with E-state index in [-0.39, 0.29) is 29.4 Å². The first-order valence-electron chi connectivity index (χ1n) is 9.85. The van der Waals surface area contributed by atoms with Crippen molar-refractivity contribution in [3.8, 4) is 5.75 Å². The maximum absolute atomic E-state index is 13.0. The van der Waals surface area contributed by atoms with Crippen LogP contribution in [0.5, 0.6) is 5.75 Å². The Bertz CT molecular complexity index is 1130. The summed E-state index contributed by atoms with van der Waals surface area (Å²) >= 11 is 0. The third-order valence-corrected chi connectivity index (χ3v) is 4.91. The number of allylic oxidation sites excluding steroid dienone is 2. The first-order chi connectivity index (χ1) is 16.0. The summed E-state index contributed by atoms with van der Waals surface area (Å²) in [6.07, 6.45) is -7.77. The van der Waals surface area contributed by atoms with Gasteiger partial charge in [-0.05, 0) is 37.6 Å². The molecule has 180 valence electrons. The van der Waals surface area contributed by atoms with Crippen LogP contribution in [-0.4, -0.2) is 22.5 Å². The summed E-state index contributed by atoms with van der Waals surface area (Å²) in [5.41, 5.74) is 0.317. The molecule has 0 spiro atoms. The molecule has 0 unspecified atom stereocenters. The fourth-order valence-corrected chi connectivity index (χ4v) is 3.55. The molecule has 1 aliphatic heterocycles. The van der Waals surface area contributed by atoms with Crippen LogP contribution >= 0.6 is 0 Å². The van der Waals surface area contributed by atoms with Crippen LogP contribution in [0.1, 0.15) is 36.5 Å². The Kier molecular flexibility index (Phi) is 7.04. The number of dihydropyridines is 1. The molecule has 0 fully saturated rings. The lowest BCUT2D eigenvalue weighted by atomic mass is 9.90. The number of nitrogens with one attached hydrogen (secondary N) is 1. The van der Waals surface area contributed by atoms with Crippen LogP contribution in [0.4, 0.5) is 22.8 Å². The van der Waals surface area contributed by atoms with E-state index in [1.807, 2.05) is 0 Å². The van der Waals surface area contributed by atoms with Gasteiger partial charge in [-0.2, -0.15) is 13.2 Å². The van der Waals surface area contributed by atoms with Crippen LogP contribution in [0.2, 0.25) is 0 Å². The Hall–Kier alpha value is -4.15. The molecule has 0 saturated heterocycles. The van der Waals surface area contributed by atoms with Gasteiger partial charge >= 0.3 is 18.5 Å². The van der Waals surface area contributed by atoms with E-state index >= 15 is 0 Å². The zero-order chi connectivity index (χ0) is 25.0. The SMILES string of the molecule is CC1=C(OC(=O)O)C(c2ccccc2OCc2cccc(C(F)(F)F)c2)C(OC(=O)O)=C(C)N1. The highest BCUT2D eigenvalue weighted by Crippen LogP contribution is 2.43. The van der Waals surface area contributed by atoms with Crippen molar-refractivity contribution >= 4 is 12.3 Å². The van der Waals surface area contributed by atoms with Gasteiger partial charge < -0.3 is 29.7 Å². The summed E-state index contributed by atoms with van der Waals surface area (Å²) < 4.78 is 54.8. The highest BCUT2D eigenvalue weighted by molar-refractivity contribution is 5.63. The number of ether oxygens (including phenoxy) is 3. The van der Waals surface area contributed by atoms with Crippen molar-refractivity contribution in [1.82, 2.24) is 5.32 Å². The molecule has 1 aliphatic rings. The van der Waals surface area contributed by atoms with Gasteiger partial charge in [0.2, 0.25) is 0 Å². The number of carbonyl (C=O) groups is 2.